The Balaban J connectivity index is 3.08. The summed E-state index contributed by atoms with van der Waals surface area (Å²) in [5.41, 5.74) is -1.40. The van der Waals surface area contributed by atoms with Crippen molar-refractivity contribution in [1.29, 1.82) is 0 Å². The summed E-state index contributed by atoms with van der Waals surface area (Å²) in [6.07, 6.45) is -0.108. The molecule has 0 aromatic rings. The van der Waals surface area contributed by atoms with E-state index in [1.54, 1.807) is 4.90 Å². The zero-order valence-corrected chi connectivity index (χ0v) is 19.2. The summed E-state index contributed by atoms with van der Waals surface area (Å²) in [6.45, 7) is 18.9. The zero-order chi connectivity index (χ0) is 20.6. The van der Waals surface area contributed by atoms with Gasteiger partial charge in [-0.1, -0.05) is 20.8 Å². The van der Waals surface area contributed by atoms with Gasteiger partial charge >= 0.3 is 12.1 Å². The van der Waals surface area contributed by atoms with Gasteiger partial charge in [0.05, 0.1) is 18.6 Å². The first-order valence-corrected chi connectivity index (χ1v) is 12.2. The van der Waals surface area contributed by atoms with Crippen LogP contribution < -0.4 is 0 Å². The number of rotatable bonds is 3. The maximum Gasteiger partial charge on any atom is 0.410 e. The summed E-state index contributed by atoms with van der Waals surface area (Å²) < 4.78 is 17.1. The fourth-order valence-electron chi connectivity index (χ4n) is 2.90. The van der Waals surface area contributed by atoms with Gasteiger partial charge in [-0.2, -0.15) is 0 Å². The van der Waals surface area contributed by atoms with Crippen LogP contribution in [0.15, 0.2) is 0 Å². The van der Waals surface area contributed by atoms with Crippen molar-refractivity contribution >= 4 is 20.4 Å². The molecule has 1 amide bonds. The Bertz CT molecular complexity index is 535. The van der Waals surface area contributed by atoms with Crippen molar-refractivity contribution in [1.82, 2.24) is 4.90 Å². The topological polar surface area (TPSA) is 65.1 Å². The van der Waals surface area contributed by atoms with Crippen molar-refractivity contribution in [2.45, 2.75) is 84.7 Å². The lowest BCUT2D eigenvalue weighted by atomic mass is 9.81. The van der Waals surface area contributed by atoms with E-state index in [1.807, 2.05) is 27.7 Å². The van der Waals surface area contributed by atoms with Crippen molar-refractivity contribution in [2.75, 3.05) is 20.2 Å². The number of hydrogen-bond donors (Lipinski definition) is 0. The molecule has 1 aliphatic rings. The molecule has 7 heteroatoms. The number of likely N-dealkylation sites (tertiary alicyclic amines) is 1. The van der Waals surface area contributed by atoms with Crippen LogP contribution in [0.25, 0.3) is 0 Å². The highest BCUT2D eigenvalue weighted by Gasteiger charge is 2.48. The molecule has 2 unspecified atom stereocenters. The van der Waals surface area contributed by atoms with Crippen molar-refractivity contribution < 1.29 is 23.5 Å². The van der Waals surface area contributed by atoms with Crippen molar-refractivity contribution in [2.24, 2.45) is 5.41 Å². The lowest BCUT2D eigenvalue weighted by Crippen LogP contribution is -2.57. The van der Waals surface area contributed by atoms with E-state index < -0.39 is 25.4 Å². The third-order valence-electron chi connectivity index (χ3n) is 5.24. The number of carbonyl (C=O) groups is 2. The Hall–Kier alpha value is -1.08. The van der Waals surface area contributed by atoms with E-state index in [-0.39, 0.29) is 23.7 Å². The number of methoxy groups -OCH3 is 1. The van der Waals surface area contributed by atoms with Gasteiger partial charge in [-0.15, -0.1) is 0 Å². The van der Waals surface area contributed by atoms with Gasteiger partial charge in [0.2, 0.25) is 0 Å². The van der Waals surface area contributed by atoms with E-state index in [1.165, 1.54) is 7.11 Å². The largest absolute Gasteiger partial charge is 0.469 e. The maximum atomic E-state index is 12.6. The molecule has 26 heavy (non-hydrogen) atoms. The van der Waals surface area contributed by atoms with Crippen LogP contribution in [0.2, 0.25) is 18.1 Å². The van der Waals surface area contributed by atoms with E-state index in [4.69, 9.17) is 13.9 Å². The molecule has 152 valence electrons. The van der Waals surface area contributed by atoms with Crippen molar-refractivity contribution in [3.05, 3.63) is 0 Å². The zero-order valence-electron chi connectivity index (χ0n) is 18.2. The Morgan fingerprint density at radius 1 is 1.12 bits per heavy atom. The minimum Gasteiger partial charge on any atom is -0.469 e. The molecule has 1 aliphatic heterocycles. The minimum absolute atomic E-state index is 0.0445. The number of piperidine rings is 1. The summed E-state index contributed by atoms with van der Waals surface area (Å²) in [5.74, 6) is -0.324. The molecule has 1 saturated heterocycles. The maximum absolute atomic E-state index is 12.6. The number of nitrogens with zero attached hydrogens (tertiary/aromatic N) is 1. The van der Waals surface area contributed by atoms with Gasteiger partial charge in [0.15, 0.2) is 8.32 Å². The highest BCUT2D eigenvalue weighted by molar-refractivity contribution is 6.74. The lowest BCUT2D eigenvalue weighted by Gasteiger charge is -2.46. The average Bonchev–Trinajstić information content (AvgIpc) is 2.42. The molecule has 6 nitrogen and oxygen atoms in total. The molecule has 1 fully saturated rings. The highest BCUT2D eigenvalue weighted by Crippen LogP contribution is 2.40. The molecule has 0 saturated carbocycles. The van der Waals surface area contributed by atoms with Crippen molar-refractivity contribution in [3.63, 3.8) is 0 Å². The van der Waals surface area contributed by atoms with Crippen LogP contribution in [0.5, 0.6) is 0 Å². The molecule has 0 N–H and O–H groups in total. The smallest absolute Gasteiger partial charge is 0.410 e. The quantitative estimate of drug-likeness (QED) is 0.536. The van der Waals surface area contributed by atoms with Crippen LogP contribution in [0.1, 0.15) is 54.9 Å². The fraction of sp³-hybridized carbons (Fsp3) is 0.895. The van der Waals surface area contributed by atoms with Crippen LogP contribution in [-0.4, -0.2) is 57.2 Å². The molecule has 0 aromatic carbocycles. The second kappa shape index (κ2) is 7.50. The predicted octanol–water partition coefficient (Wildman–Crippen LogP) is 4.20. The normalized spacial score (nSPS) is 25.0. The first-order chi connectivity index (χ1) is 11.5. The summed E-state index contributed by atoms with van der Waals surface area (Å²) in [7, 11) is -0.663. The van der Waals surface area contributed by atoms with Crippen LogP contribution in [-0.2, 0) is 18.7 Å². The standard InChI is InChI=1S/C19H37NO5Si/c1-17(2,3)24-16(22)20-12-14(25-26(9,10)18(4,5)6)11-19(7,13-20)15(21)23-8/h14H,11-13H2,1-10H3. The van der Waals surface area contributed by atoms with E-state index in [0.29, 0.717) is 13.0 Å². The number of hydrogen-bond acceptors (Lipinski definition) is 5. The molecule has 0 bridgehead atoms. The Morgan fingerprint density at radius 3 is 2.08 bits per heavy atom. The molecular weight excluding hydrogens is 350 g/mol. The van der Waals surface area contributed by atoms with E-state index in [2.05, 4.69) is 33.9 Å². The Labute approximate surface area is 159 Å². The summed E-state index contributed by atoms with van der Waals surface area (Å²) in [6, 6.07) is 0. The van der Waals surface area contributed by atoms with Crippen LogP contribution in [0.3, 0.4) is 0 Å². The highest BCUT2D eigenvalue weighted by atomic mass is 28.4. The molecule has 2 atom stereocenters. The molecule has 1 heterocycles. The predicted molar refractivity (Wildman–Crippen MR) is 105 cm³/mol. The second-order valence-electron chi connectivity index (χ2n) is 10.1. The van der Waals surface area contributed by atoms with Gasteiger partial charge in [-0.05, 0) is 52.2 Å². The molecule has 0 aliphatic carbocycles. The molecular formula is C19H37NO5Si. The number of esters is 1. The fourth-order valence-corrected chi connectivity index (χ4v) is 4.24. The second-order valence-corrected chi connectivity index (χ2v) is 14.9. The monoisotopic (exact) mass is 387 g/mol. The van der Waals surface area contributed by atoms with Gasteiger partial charge in [0, 0.05) is 13.1 Å². The number of carbonyl (C=O) groups excluding carboxylic acids is 2. The van der Waals surface area contributed by atoms with Gasteiger partial charge in [0.1, 0.15) is 5.60 Å². The van der Waals surface area contributed by atoms with Gasteiger partial charge < -0.3 is 18.8 Å². The summed E-state index contributed by atoms with van der Waals surface area (Å²) >= 11 is 0. The molecule has 0 spiro atoms. The van der Waals surface area contributed by atoms with Gasteiger partial charge in [0.25, 0.3) is 0 Å². The van der Waals surface area contributed by atoms with Gasteiger partial charge in [-0.25, -0.2) is 4.79 Å². The summed E-state index contributed by atoms with van der Waals surface area (Å²) in [5, 5.41) is 0.0445. The van der Waals surface area contributed by atoms with Crippen molar-refractivity contribution in [3.8, 4) is 0 Å². The van der Waals surface area contributed by atoms with E-state index in [9.17, 15) is 9.59 Å². The van der Waals surface area contributed by atoms with Crippen LogP contribution in [0, 0.1) is 5.41 Å². The minimum atomic E-state index is -2.04. The first-order valence-electron chi connectivity index (χ1n) is 9.25. The SMILES string of the molecule is COC(=O)C1(C)CC(O[Si](C)(C)C(C)(C)C)CN(C(=O)OC(C)(C)C)C1. The first kappa shape index (κ1) is 23.0. The third-order valence-corrected chi connectivity index (χ3v) is 9.77. The Kier molecular flexibility index (Phi) is 6.62. The van der Waals surface area contributed by atoms with E-state index >= 15 is 0 Å². The number of amides is 1. The Morgan fingerprint density at radius 2 is 1.65 bits per heavy atom. The van der Waals surface area contributed by atoms with Crippen LogP contribution in [0.4, 0.5) is 4.79 Å². The molecule has 0 aromatic heterocycles. The average molecular weight is 388 g/mol. The van der Waals surface area contributed by atoms with Crippen LogP contribution >= 0.6 is 0 Å². The van der Waals surface area contributed by atoms with E-state index in [0.717, 1.165) is 0 Å². The third kappa shape index (κ3) is 5.71. The number of ether oxygens (including phenoxy) is 2. The van der Waals surface area contributed by atoms with Gasteiger partial charge in [-0.3, -0.25) is 4.79 Å². The lowest BCUT2D eigenvalue weighted by molar-refractivity contribution is -0.157. The molecule has 0 radical (unpaired) electrons. The summed E-state index contributed by atoms with van der Waals surface area (Å²) in [4.78, 5) is 26.6. The molecule has 1 rings (SSSR count).